The molecule has 0 spiro atoms. The third-order valence-electron chi connectivity index (χ3n) is 3.39. The molecule has 1 aromatic rings. The van der Waals surface area contributed by atoms with E-state index in [0.29, 0.717) is 12.6 Å². The number of imidazole rings is 1. The first-order chi connectivity index (χ1) is 9.15. The Bertz CT molecular complexity index is 351. The van der Waals surface area contributed by atoms with Crippen molar-refractivity contribution in [1.82, 2.24) is 14.5 Å². The summed E-state index contributed by atoms with van der Waals surface area (Å²) in [6.45, 7) is 9.74. The molecule has 2 N–H and O–H groups in total. The molecule has 0 bridgehead atoms. The molecule has 1 atom stereocenters. The van der Waals surface area contributed by atoms with Gasteiger partial charge in [-0.05, 0) is 20.3 Å². The second-order valence-electron chi connectivity index (χ2n) is 5.09. The van der Waals surface area contributed by atoms with Gasteiger partial charge in [-0.3, -0.25) is 4.90 Å². The van der Waals surface area contributed by atoms with Crippen LogP contribution in [-0.4, -0.2) is 47.3 Å². The Hall–Kier alpha value is -0.910. The molecule has 1 rings (SSSR count). The summed E-state index contributed by atoms with van der Waals surface area (Å²) in [5.74, 6) is 0. The van der Waals surface area contributed by atoms with E-state index in [1.54, 1.807) is 7.11 Å². The fourth-order valence-electron chi connectivity index (χ4n) is 2.43. The number of hydrogen-bond acceptors (Lipinski definition) is 4. The number of hydrogen-bond donors (Lipinski definition) is 1. The van der Waals surface area contributed by atoms with Gasteiger partial charge >= 0.3 is 0 Å². The van der Waals surface area contributed by atoms with Crippen LogP contribution < -0.4 is 5.73 Å². The predicted octanol–water partition coefficient (Wildman–Crippen LogP) is 1.65. The maximum atomic E-state index is 6.02. The topological polar surface area (TPSA) is 56.3 Å². The Kier molecular flexibility index (Phi) is 7.05. The van der Waals surface area contributed by atoms with E-state index >= 15 is 0 Å². The molecular weight excluding hydrogens is 240 g/mol. The minimum Gasteiger partial charge on any atom is -0.383 e. The Labute approximate surface area is 116 Å². The molecule has 1 heterocycles. The van der Waals surface area contributed by atoms with Crippen molar-refractivity contribution in [3.05, 3.63) is 18.2 Å². The zero-order valence-corrected chi connectivity index (χ0v) is 12.7. The number of rotatable bonds is 9. The number of aromatic nitrogens is 2. The molecule has 19 heavy (non-hydrogen) atoms. The lowest BCUT2D eigenvalue weighted by Gasteiger charge is -2.34. The van der Waals surface area contributed by atoms with Crippen molar-refractivity contribution in [3.8, 4) is 0 Å². The average molecular weight is 268 g/mol. The molecule has 0 radical (unpaired) electrons. The molecule has 1 aromatic heterocycles. The van der Waals surface area contributed by atoms with Crippen LogP contribution in [0.3, 0.4) is 0 Å². The third-order valence-corrected chi connectivity index (χ3v) is 3.39. The molecule has 0 saturated carbocycles. The van der Waals surface area contributed by atoms with Gasteiger partial charge in [-0.25, -0.2) is 4.98 Å². The normalized spacial score (nSPS) is 13.4. The third kappa shape index (κ3) is 4.30. The minimum atomic E-state index is 0.198. The van der Waals surface area contributed by atoms with Crippen LogP contribution in [0.25, 0.3) is 0 Å². The van der Waals surface area contributed by atoms with Crippen molar-refractivity contribution in [2.24, 2.45) is 5.73 Å². The molecule has 0 fully saturated rings. The van der Waals surface area contributed by atoms with Crippen molar-refractivity contribution in [2.75, 3.05) is 26.8 Å². The largest absolute Gasteiger partial charge is 0.383 e. The summed E-state index contributed by atoms with van der Waals surface area (Å²) in [4.78, 5) is 6.66. The van der Waals surface area contributed by atoms with Crippen molar-refractivity contribution >= 4 is 0 Å². The van der Waals surface area contributed by atoms with E-state index in [0.717, 1.165) is 26.1 Å². The quantitative estimate of drug-likeness (QED) is 0.740. The van der Waals surface area contributed by atoms with Gasteiger partial charge in [0.05, 0.1) is 24.7 Å². The molecule has 0 aliphatic rings. The molecule has 110 valence electrons. The van der Waals surface area contributed by atoms with Gasteiger partial charge < -0.3 is 15.0 Å². The van der Waals surface area contributed by atoms with Crippen molar-refractivity contribution in [2.45, 2.75) is 45.8 Å². The Morgan fingerprint density at radius 1 is 1.47 bits per heavy atom. The summed E-state index contributed by atoms with van der Waals surface area (Å²) >= 11 is 0. The predicted molar refractivity (Wildman–Crippen MR) is 78.0 cm³/mol. The smallest absolute Gasteiger partial charge is 0.0948 e. The average Bonchev–Trinajstić information content (AvgIpc) is 2.82. The molecule has 1 unspecified atom stereocenters. The van der Waals surface area contributed by atoms with E-state index in [9.17, 15) is 0 Å². The van der Waals surface area contributed by atoms with Crippen LogP contribution in [0.2, 0.25) is 0 Å². The first-order valence-corrected chi connectivity index (χ1v) is 7.10. The van der Waals surface area contributed by atoms with Crippen molar-refractivity contribution in [3.63, 3.8) is 0 Å². The Balaban J connectivity index is 2.91. The summed E-state index contributed by atoms with van der Waals surface area (Å²) in [5, 5.41) is 0. The number of methoxy groups -OCH3 is 1. The molecule has 0 amide bonds. The molecule has 0 aliphatic carbocycles. The fourth-order valence-corrected chi connectivity index (χ4v) is 2.43. The van der Waals surface area contributed by atoms with Crippen LogP contribution in [0.4, 0.5) is 0 Å². The highest BCUT2D eigenvalue weighted by atomic mass is 16.5. The van der Waals surface area contributed by atoms with Gasteiger partial charge in [0.25, 0.3) is 0 Å². The van der Waals surface area contributed by atoms with Gasteiger partial charge in [0.1, 0.15) is 0 Å². The summed E-state index contributed by atoms with van der Waals surface area (Å²) < 4.78 is 7.42. The highest BCUT2D eigenvalue weighted by Gasteiger charge is 2.24. The van der Waals surface area contributed by atoms with Crippen molar-refractivity contribution in [1.29, 1.82) is 0 Å². The summed E-state index contributed by atoms with van der Waals surface area (Å²) in [5.41, 5.74) is 7.22. The van der Waals surface area contributed by atoms with Crippen LogP contribution >= 0.6 is 0 Å². The highest BCUT2D eigenvalue weighted by molar-refractivity contribution is 5.07. The van der Waals surface area contributed by atoms with Crippen LogP contribution in [0.1, 0.15) is 38.9 Å². The van der Waals surface area contributed by atoms with Crippen LogP contribution in [0, 0.1) is 0 Å². The lowest BCUT2D eigenvalue weighted by atomic mass is 10.1. The molecule has 0 saturated heterocycles. The van der Waals surface area contributed by atoms with E-state index < -0.39 is 0 Å². The molecule has 0 aromatic carbocycles. The van der Waals surface area contributed by atoms with Gasteiger partial charge in [0.15, 0.2) is 0 Å². The Morgan fingerprint density at radius 3 is 2.74 bits per heavy atom. The maximum Gasteiger partial charge on any atom is 0.0948 e. The van der Waals surface area contributed by atoms with Gasteiger partial charge in [0.2, 0.25) is 0 Å². The minimum absolute atomic E-state index is 0.198. The van der Waals surface area contributed by atoms with Gasteiger partial charge in [-0.1, -0.05) is 6.92 Å². The van der Waals surface area contributed by atoms with E-state index in [1.807, 2.05) is 12.5 Å². The van der Waals surface area contributed by atoms with Crippen LogP contribution in [0.5, 0.6) is 0 Å². The second kappa shape index (κ2) is 8.30. The second-order valence-corrected chi connectivity index (χ2v) is 5.09. The Morgan fingerprint density at radius 2 is 2.21 bits per heavy atom. The highest BCUT2D eigenvalue weighted by Crippen LogP contribution is 2.22. The lowest BCUT2D eigenvalue weighted by Crippen LogP contribution is -2.41. The lowest BCUT2D eigenvalue weighted by molar-refractivity contribution is 0.0949. The van der Waals surface area contributed by atoms with Crippen molar-refractivity contribution < 1.29 is 4.74 Å². The van der Waals surface area contributed by atoms with E-state index in [-0.39, 0.29) is 6.04 Å². The molecule has 5 nitrogen and oxygen atoms in total. The van der Waals surface area contributed by atoms with E-state index in [2.05, 4.69) is 35.2 Å². The summed E-state index contributed by atoms with van der Waals surface area (Å²) in [6.07, 6.45) is 4.94. The fraction of sp³-hybridized carbons (Fsp3) is 0.786. The molecule has 0 aliphatic heterocycles. The number of nitrogens with two attached hydrogens (primary N) is 1. The van der Waals surface area contributed by atoms with Gasteiger partial charge in [0, 0.05) is 39.0 Å². The number of aryl methyl sites for hydroxylation is 1. The molecule has 5 heteroatoms. The zero-order chi connectivity index (χ0) is 14.3. The number of ether oxygens (including phenoxy) is 1. The first kappa shape index (κ1) is 16.1. The number of nitrogens with zero attached hydrogens (tertiary/aromatic N) is 3. The van der Waals surface area contributed by atoms with E-state index in [4.69, 9.17) is 10.5 Å². The first-order valence-electron chi connectivity index (χ1n) is 7.10. The summed E-state index contributed by atoms with van der Waals surface area (Å²) in [6, 6.07) is 0.623. The van der Waals surface area contributed by atoms with E-state index in [1.165, 1.54) is 5.69 Å². The standard InChI is InChI=1S/C14H28N4O/c1-5-6-17-11-16-10-14(17)13(9-15)18(12(2)3)7-8-19-4/h10-13H,5-9,15H2,1-4H3. The van der Waals surface area contributed by atoms with Gasteiger partial charge in [-0.2, -0.15) is 0 Å². The monoisotopic (exact) mass is 268 g/mol. The zero-order valence-electron chi connectivity index (χ0n) is 12.7. The SMILES string of the molecule is CCCn1cncc1C(CN)N(CCOC)C(C)C. The van der Waals surface area contributed by atoms with Gasteiger partial charge in [-0.15, -0.1) is 0 Å². The van der Waals surface area contributed by atoms with Crippen LogP contribution in [0.15, 0.2) is 12.5 Å². The molecular formula is C14H28N4O. The van der Waals surface area contributed by atoms with Crippen LogP contribution in [-0.2, 0) is 11.3 Å². The summed E-state index contributed by atoms with van der Waals surface area (Å²) in [7, 11) is 1.73. The maximum absolute atomic E-state index is 6.02.